The fraction of sp³-hybridized carbons (Fsp3) is 0.250. The molecular formula is C28H27ClFN3O2. The number of amides is 1. The number of carbonyl (C=O) groups is 1. The number of hydrogen-bond acceptors (Lipinski definition) is 3. The van der Waals surface area contributed by atoms with Crippen LogP contribution in [0, 0.1) is 11.7 Å². The van der Waals surface area contributed by atoms with Crippen molar-refractivity contribution in [1.82, 2.24) is 14.5 Å². The molecule has 0 aliphatic heterocycles. The van der Waals surface area contributed by atoms with Crippen LogP contribution in [-0.2, 0) is 0 Å². The van der Waals surface area contributed by atoms with Crippen molar-refractivity contribution in [3.8, 4) is 5.69 Å². The zero-order valence-electron chi connectivity index (χ0n) is 19.9. The molecule has 0 saturated carbocycles. The number of halogens is 2. The molecular weight excluding hydrogens is 465 g/mol. The van der Waals surface area contributed by atoms with Gasteiger partial charge in [-0.1, -0.05) is 62.7 Å². The minimum Gasteiger partial charge on any atom is -0.328 e. The van der Waals surface area contributed by atoms with E-state index in [1.54, 1.807) is 35.2 Å². The zero-order valence-corrected chi connectivity index (χ0v) is 20.7. The van der Waals surface area contributed by atoms with Gasteiger partial charge in [-0.25, -0.2) is 9.37 Å². The van der Waals surface area contributed by atoms with Gasteiger partial charge in [0.15, 0.2) is 0 Å². The molecule has 0 spiro atoms. The second kappa shape index (κ2) is 10.4. The van der Waals surface area contributed by atoms with Crippen molar-refractivity contribution in [3.05, 3.63) is 105 Å². The number of benzene rings is 3. The number of para-hydroxylation sites is 1. The molecule has 0 N–H and O–H groups in total. The van der Waals surface area contributed by atoms with Crippen molar-refractivity contribution in [3.63, 3.8) is 0 Å². The molecule has 0 fully saturated rings. The Morgan fingerprint density at radius 2 is 1.74 bits per heavy atom. The van der Waals surface area contributed by atoms with Crippen LogP contribution in [0.4, 0.5) is 4.39 Å². The van der Waals surface area contributed by atoms with Gasteiger partial charge in [-0.2, -0.15) is 0 Å². The fourth-order valence-corrected chi connectivity index (χ4v) is 4.46. The van der Waals surface area contributed by atoms with E-state index >= 15 is 0 Å². The van der Waals surface area contributed by atoms with Crippen LogP contribution in [0.2, 0.25) is 5.02 Å². The van der Waals surface area contributed by atoms with E-state index in [0.717, 1.165) is 0 Å². The molecule has 0 aliphatic rings. The Labute approximate surface area is 208 Å². The van der Waals surface area contributed by atoms with E-state index in [2.05, 4.69) is 0 Å². The van der Waals surface area contributed by atoms with Crippen LogP contribution in [0.3, 0.4) is 0 Å². The first kappa shape index (κ1) is 24.6. The van der Waals surface area contributed by atoms with Gasteiger partial charge in [0.25, 0.3) is 11.5 Å². The van der Waals surface area contributed by atoms with E-state index in [1.165, 1.54) is 22.8 Å². The maximum atomic E-state index is 14.0. The van der Waals surface area contributed by atoms with Crippen LogP contribution < -0.4 is 5.56 Å². The molecule has 3 aromatic carbocycles. The highest BCUT2D eigenvalue weighted by Gasteiger charge is 2.30. The third kappa shape index (κ3) is 4.98. The molecule has 35 heavy (non-hydrogen) atoms. The van der Waals surface area contributed by atoms with Gasteiger partial charge in [0.2, 0.25) is 0 Å². The largest absolute Gasteiger partial charge is 0.328 e. The van der Waals surface area contributed by atoms with E-state index in [9.17, 15) is 14.0 Å². The molecule has 1 atom stereocenters. The monoisotopic (exact) mass is 491 g/mol. The van der Waals surface area contributed by atoms with Crippen LogP contribution in [0.25, 0.3) is 16.6 Å². The molecule has 180 valence electrons. The van der Waals surface area contributed by atoms with Gasteiger partial charge in [0.05, 0.1) is 27.7 Å². The summed E-state index contributed by atoms with van der Waals surface area (Å²) in [5.74, 6) is -0.134. The molecule has 0 saturated heterocycles. The quantitative estimate of drug-likeness (QED) is 0.299. The highest BCUT2D eigenvalue weighted by Crippen LogP contribution is 2.29. The van der Waals surface area contributed by atoms with Crippen LogP contribution >= 0.6 is 11.6 Å². The molecule has 5 nitrogen and oxygen atoms in total. The van der Waals surface area contributed by atoms with Gasteiger partial charge in [-0.15, -0.1) is 0 Å². The summed E-state index contributed by atoms with van der Waals surface area (Å²) >= 11 is 6.09. The lowest BCUT2D eigenvalue weighted by atomic mass is 10.1. The molecule has 4 rings (SSSR count). The molecule has 0 aliphatic carbocycles. The molecule has 4 aromatic rings. The summed E-state index contributed by atoms with van der Waals surface area (Å²) < 4.78 is 15.4. The molecule has 1 heterocycles. The molecule has 7 heteroatoms. The summed E-state index contributed by atoms with van der Waals surface area (Å²) in [4.78, 5) is 34.1. The number of nitrogens with zero attached hydrogens (tertiary/aromatic N) is 3. The topological polar surface area (TPSA) is 55.2 Å². The Morgan fingerprint density at radius 3 is 2.40 bits per heavy atom. The van der Waals surface area contributed by atoms with Crippen molar-refractivity contribution < 1.29 is 9.18 Å². The average molecular weight is 492 g/mol. The highest BCUT2D eigenvalue weighted by molar-refractivity contribution is 6.30. The normalized spacial score (nSPS) is 12.2. The van der Waals surface area contributed by atoms with E-state index in [4.69, 9.17) is 16.6 Å². The second-order valence-corrected chi connectivity index (χ2v) is 9.27. The van der Waals surface area contributed by atoms with Gasteiger partial charge in [-0.3, -0.25) is 14.2 Å². The van der Waals surface area contributed by atoms with Crippen molar-refractivity contribution >= 4 is 28.4 Å². The summed E-state index contributed by atoms with van der Waals surface area (Å²) in [5, 5.41) is 0.331. The molecule has 1 unspecified atom stereocenters. The lowest BCUT2D eigenvalue weighted by Gasteiger charge is -2.33. The Bertz CT molecular complexity index is 1420. The Hall–Kier alpha value is -3.51. The predicted molar refractivity (Wildman–Crippen MR) is 138 cm³/mol. The molecule has 1 amide bonds. The van der Waals surface area contributed by atoms with Crippen LogP contribution in [-0.4, -0.2) is 26.9 Å². The van der Waals surface area contributed by atoms with Crippen LogP contribution in [0.1, 0.15) is 49.4 Å². The predicted octanol–water partition coefficient (Wildman–Crippen LogP) is 6.43. The van der Waals surface area contributed by atoms with Gasteiger partial charge < -0.3 is 4.90 Å². The Morgan fingerprint density at radius 1 is 1.06 bits per heavy atom. The van der Waals surface area contributed by atoms with E-state index in [1.807, 2.05) is 45.0 Å². The Balaban J connectivity index is 1.98. The first-order valence-electron chi connectivity index (χ1n) is 11.6. The standard InChI is InChI=1S/C28H27ClFN3O2/c1-4-25(32(17-18(2)3)27(34)19-10-6-5-7-11-19)26-31-24-13-9-8-12-21(24)28(35)33(26)20-14-15-23(30)22(29)16-20/h5-16,18,25H,4,17H2,1-3H3. The molecule has 0 bridgehead atoms. The van der Waals surface area contributed by atoms with Crippen LogP contribution in [0.5, 0.6) is 0 Å². The first-order valence-corrected chi connectivity index (χ1v) is 12.0. The van der Waals surface area contributed by atoms with Gasteiger partial charge in [-0.05, 0) is 54.8 Å². The van der Waals surface area contributed by atoms with E-state index in [0.29, 0.717) is 40.9 Å². The summed E-state index contributed by atoms with van der Waals surface area (Å²) in [5.41, 5.74) is 1.19. The second-order valence-electron chi connectivity index (χ2n) is 8.87. The maximum absolute atomic E-state index is 14.0. The SMILES string of the molecule is CCC(c1nc2ccccc2c(=O)n1-c1ccc(F)c(Cl)c1)N(CC(C)C)C(=O)c1ccccc1. The van der Waals surface area contributed by atoms with Crippen molar-refractivity contribution in [2.24, 2.45) is 5.92 Å². The van der Waals surface area contributed by atoms with Crippen molar-refractivity contribution in [2.45, 2.75) is 33.2 Å². The van der Waals surface area contributed by atoms with Gasteiger partial charge in [0.1, 0.15) is 11.6 Å². The number of hydrogen-bond donors (Lipinski definition) is 0. The number of rotatable bonds is 7. The minimum absolute atomic E-state index is 0.0963. The highest BCUT2D eigenvalue weighted by atomic mass is 35.5. The van der Waals surface area contributed by atoms with Gasteiger partial charge >= 0.3 is 0 Å². The summed E-state index contributed by atoms with van der Waals surface area (Å²) in [7, 11) is 0. The fourth-order valence-electron chi connectivity index (χ4n) is 4.28. The third-order valence-corrected chi connectivity index (χ3v) is 6.16. The number of fused-ring (bicyclic) bond motifs is 1. The smallest absolute Gasteiger partial charge is 0.266 e. The van der Waals surface area contributed by atoms with E-state index in [-0.39, 0.29) is 22.4 Å². The van der Waals surface area contributed by atoms with Gasteiger partial charge in [0, 0.05) is 12.1 Å². The lowest BCUT2D eigenvalue weighted by molar-refractivity contribution is 0.0631. The summed E-state index contributed by atoms with van der Waals surface area (Å²) in [6.07, 6.45) is 0.519. The first-order chi connectivity index (χ1) is 16.8. The Kier molecular flexibility index (Phi) is 7.31. The average Bonchev–Trinajstić information content (AvgIpc) is 2.86. The number of aromatic nitrogens is 2. The lowest BCUT2D eigenvalue weighted by Crippen LogP contribution is -2.40. The minimum atomic E-state index is -0.577. The number of carbonyl (C=O) groups excluding carboxylic acids is 1. The van der Waals surface area contributed by atoms with Crippen molar-refractivity contribution in [2.75, 3.05) is 6.54 Å². The van der Waals surface area contributed by atoms with Crippen LogP contribution in [0.15, 0.2) is 77.6 Å². The third-order valence-electron chi connectivity index (χ3n) is 5.87. The van der Waals surface area contributed by atoms with E-state index < -0.39 is 11.9 Å². The molecule has 1 aromatic heterocycles. The summed E-state index contributed by atoms with van der Waals surface area (Å²) in [6.45, 7) is 6.51. The summed E-state index contributed by atoms with van der Waals surface area (Å²) in [6, 6.07) is 19.8. The molecule has 0 radical (unpaired) electrons. The van der Waals surface area contributed by atoms with Crippen molar-refractivity contribution in [1.29, 1.82) is 0 Å². The maximum Gasteiger partial charge on any atom is 0.266 e. The zero-order chi connectivity index (χ0) is 25.1.